The summed E-state index contributed by atoms with van der Waals surface area (Å²) in [7, 11) is -4.16. The van der Waals surface area contributed by atoms with Gasteiger partial charge in [-0.1, -0.05) is 78.7 Å². The molecule has 0 aliphatic carbocycles. The second-order valence-electron chi connectivity index (χ2n) is 9.59. The van der Waals surface area contributed by atoms with Gasteiger partial charge in [0.05, 0.1) is 15.6 Å². The fourth-order valence-corrected chi connectivity index (χ4v) is 5.76. The van der Waals surface area contributed by atoms with Gasteiger partial charge >= 0.3 is 0 Å². The molecule has 208 valence electrons. The maximum absolute atomic E-state index is 13.9. The number of anilines is 1. The number of halogens is 1. The molecule has 0 heterocycles. The summed E-state index contributed by atoms with van der Waals surface area (Å²) in [5.41, 5.74) is 2.09. The van der Waals surface area contributed by atoms with Gasteiger partial charge in [-0.25, -0.2) is 8.42 Å². The predicted octanol–water partition coefficient (Wildman–Crippen LogP) is 5.22. The maximum Gasteiger partial charge on any atom is 0.264 e. The fraction of sp³-hybridized carbons (Fsp3) is 0.333. The van der Waals surface area contributed by atoms with Gasteiger partial charge in [0, 0.05) is 12.6 Å². The molecule has 0 unspecified atom stereocenters. The molecule has 0 saturated carbocycles. The molecule has 39 heavy (non-hydrogen) atoms. The molecule has 0 bridgehead atoms. The third-order valence-electron chi connectivity index (χ3n) is 6.66. The highest BCUT2D eigenvalue weighted by atomic mass is 35.5. The molecule has 2 amide bonds. The van der Waals surface area contributed by atoms with Gasteiger partial charge in [0.1, 0.15) is 12.6 Å². The lowest BCUT2D eigenvalue weighted by Crippen LogP contribution is -2.53. The zero-order valence-electron chi connectivity index (χ0n) is 22.8. The van der Waals surface area contributed by atoms with E-state index < -0.39 is 28.5 Å². The van der Waals surface area contributed by atoms with Crippen molar-refractivity contribution in [3.8, 4) is 0 Å². The number of carbonyl (C=O) groups is 2. The van der Waals surface area contributed by atoms with Crippen molar-refractivity contribution in [3.05, 3.63) is 95.0 Å². The van der Waals surface area contributed by atoms with Gasteiger partial charge in [0.25, 0.3) is 10.0 Å². The second-order valence-corrected chi connectivity index (χ2v) is 11.9. The minimum absolute atomic E-state index is 0.0409. The molecule has 3 aromatic carbocycles. The number of aryl methyl sites for hydroxylation is 1. The van der Waals surface area contributed by atoms with E-state index in [0.717, 1.165) is 21.9 Å². The first-order chi connectivity index (χ1) is 18.5. The van der Waals surface area contributed by atoms with Gasteiger partial charge < -0.3 is 10.2 Å². The molecule has 0 aliphatic rings. The highest BCUT2D eigenvalue weighted by Gasteiger charge is 2.33. The van der Waals surface area contributed by atoms with Gasteiger partial charge in [0.2, 0.25) is 11.8 Å². The standard InChI is InChI=1S/C30H36ClN3O4S/c1-5-23(3)32-30(36)24(4)33(20-19-25-11-7-6-8-12-25)29(35)21-34(28-14-10-9-13-27(28)31)39(37,38)26-17-15-22(2)16-18-26/h6-18,23-24H,5,19-21H2,1-4H3,(H,32,36)/t23-,24+/m1/s1. The number of nitrogens with one attached hydrogen (secondary N) is 1. The number of hydrogen-bond acceptors (Lipinski definition) is 4. The number of sulfonamides is 1. The Hall–Kier alpha value is -3.36. The van der Waals surface area contributed by atoms with E-state index in [2.05, 4.69) is 5.32 Å². The minimum atomic E-state index is -4.16. The molecule has 3 aromatic rings. The first-order valence-corrected chi connectivity index (χ1v) is 14.8. The van der Waals surface area contributed by atoms with Crippen LogP contribution in [0.1, 0.15) is 38.3 Å². The first kappa shape index (κ1) is 30.2. The normalized spacial score (nSPS) is 12.8. The Morgan fingerprint density at radius 3 is 2.15 bits per heavy atom. The van der Waals surface area contributed by atoms with E-state index in [9.17, 15) is 18.0 Å². The van der Waals surface area contributed by atoms with E-state index in [0.29, 0.717) is 6.42 Å². The molecule has 2 atom stereocenters. The smallest absolute Gasteiger partial charge is 0.264 e. The highest BCUT2D eigenvalue weighted by molar-refractivity contribution is 7.92. The lowest BCUT2D eigenvalue weighted by atomic mass is 10.1. The van der Waals surface area contributed by atoms with Gasteiger partial charge in [-0.05, 0) is 63.4 Å². The summed E-state index contributed by atoms with van der Waals surface area (Å²) in [5, 5.41) is 3.13. The van der Waals surface area contributed by atoms with Crippen LogP contribution in [0.5, 0.6) is 0 Å². The Morgan fingerprint density at radius 2 is 1.54 bits per heavy atom. The Morgan fingerprint density at radius 1 is 0.923 bits per heavy atom. The van der Waals surface area contributed by atoms with Crippen LogP contribution in [-0.2, 0) is 26.0 Å². The van der Waals surface area contributed by atoms with E-state index in [4.69, 9.17) is 11.6 Å². The Labute approximate surface area is 236 Å². The van der Waals surface area contributed by atoms with Crippen molar-refractivity contribution in [2.75, 3.05) is 17.4 Å². The van der Waals surface area contributed by atoms with Crippen LogP contribution in [0.15, 0.2) is 83.8 Å². The van der Waals surface area contributed by atoms with E-state index in [1.165, 1.54) is 17.0 Å². The molecule has 0 fully saturated rings. The number of hydrogen-bond donors (Lipinski definition) is 1. The minimum Gasteiger partial charge on any atom is -0.352 e. The topological polar surface area (TPSA) is 86.8 Å². The van der Waals surface area contributed by atoms with Gasteiger partial charge in [-0.2, -0.15) is 0 Å². The van der Waals surface area contributed by atoms with Crippen molar-refractivity contribution < 1.29 is 18.0 Å². The predicted molar refractivity (Wildman–Crippen MR) is 156 cm³/mol. The molecule has 0 aromatic heterocycles. The van der Waals surface area contributed by atoms with Gasteiger partial charge in [-0.15, -0.1) is 0 Å². The summed E-state index contributed by atoms with van der Waals surface area (Å²) >= 11 is 6.43. The van der Waals surface area contributed by atoms with Crippen LogP contribution >= 0.6 is 11.6 Å². The van der Waals surface area contributed by atoms with E-state index >= 15 is 0 Å². The van der Waals surface area contributed by atoms with Crippen molar-refractivity contribution in [2.24, 2.45) is 0 Å². The summed E-state index contributed by atoms with van der Waals surface area (Å²) in [6, 6.07) is 21.7. The van der Waals surface area contributed by atoms with Crippen LogP contribution in [0.3, 0.4) is 0 Å². The largest absolute Gasteiger partial charge is 0.352 e. The summed E-state index contributed by atoms with van der Waals surface area (Å²) in [6.45, 7) is 7.10. The van der Waals surface area contributed by atoms with Crippen molar-refractivity contribution in [3.63, 3.8) is 0 Å². The van der Waals surface area contributed by atoms with Crippen LogP contribution in [0.25, 0.3) is 0 Å². The maximum atomic E-state index is 13.9. The van der Waals surface area contributed by atoms with Crippen LogP contribution in [0, 0.1) is 6.92 Å². The molecule has 9 heteroatoms. The quantitative estimate of drug-likeness (QED) is 0.324. The molecule has 3 rings (SSSR count). The lowest BCUT2D eigenvalue weighted by Gasteiger charge is -2.32. The summed E-state index contributed by atoms with van der Waals surface area (Å²) < 4.78 is 28.7. The zero-order valence-corrected chi connectivity index (χ0v) is 24.4. The molecular formula is C30H36ClN3O4S. The Kier molecular flexibility index (Phi) is 10.5. The van der Waals surface area contributed by atoms with Gasteiger partial charge in [0.15, 0.2) is 0 Å². The molecule has 0 spiro atoms. The molecule has 0 radical (unpaired) electrons. The Bertz CT molecular complexity index is 1360. The highest BCUT2D eigenvalue weighted by Crippen LogP contribution is 2.30. The van der Waals surface area contributed by atoms with Crippen molar-refractivity contribution in [2.45, 2.75) is 57.5 Å². The van der Waals surface area contributed by atoms with Crippen LogP contribution in [-0.4, -0.2) is 50.3 Å². The van der Waals surface area contributed by atoms with E-state index in [-0.39, 0.29) is 34.1 Å². The van der Waals surface area contributed by atoms with Crippen LogP contribution in [0.2, 0.25) is 5.02 Å². The molecule has 0 saturated heterocycles. The third-order valence-corrected chi connectivity index (χ3v) is 8.76. The number of nitrogens with zero attached hydrogens (tertiary/aromatic N) is 2. The zero-order chi connectivity index (χ0) is 28.6. The first-order valence-electron chi connectivity index (χ1n) is 13.0. The monoisotopic (exact) mass is 569 g/mol. The van der Waals surface area contributed by atoms with Crippen molar-refractivity contribution in [1.82, 2.24) is 10.2 Å². The van der Waals surface area contributed by atoms with Crippen molar-refractivity contribution in [1.29, 1.82) is 0 Å². The lowest BCUT2D eigenvalue weighted by molar-refractivity contribution is -0.139. The second kappa shape index (κ2) is 13.6. The average molecular weight is 570 g/mol. The summed E-state index contributed by atoms with van der Waals surface area (Å²) in [4.78, 5) is 28.4. The number of carbonyl (C=O) groups excluding carboxylic acids is 2. The van der Waals surface area contributed by atoms with Crippen LogP contribution < -0.4 is 9.62 Å². The third kappa shape index (κ3) is 7.83. The molecule has 7 nitrogen and oxygen atoms in total. The number of amides is 2. The SMILES string of the molecule is CC[C@@H](C)NC(=O)[C@H](C)N(CCc1ccccc1)C(=O)CN(c1ccccc1Cl)S(=O)(=O)c1ccc(C)cc1. The number of rotatable bonds is 12. The number of para-hydroxylation sites is 1. The van der Waals surface area contributed by atoms with E-state index in [1.807, 2.05) is 51.1 Å². The summed E-state index contributed by atoms with van der Waals surface area (Å²) in [5.74, 6) is -0.801. The molecule has 0 aliphatic heterocycles. The van der Waals surface area contributed by atoms with E-state index in [1.54, 1.807) is 43.3 Å². The fourth-order valence-electron chi connectivity index (χ4n) is 4.04. The van der Waals surface area contributed by atoms with Crippen molar-refractivity contribution >= 4 is 39.1 Å². The molecular weight excluding hydrogens is 534 g/mol. The number of benzene rings is 3. The van der Waals surface area contributed by atoms with Crippen LogP contribution in [0.4, 0.5) is 5.69 Å². The van der Waals surface area contributed by atoms with Gasteiger partial charge in [-0.3, -0.25) is 13.9 Å². The summed E-state index contributed by atoms with van der Waals surface area (Å²) in [6.07, 6.45) is 1.25. The molecule has 1 N–H and O–H groups in total. The average Bonchev–Trinajstić information content (AvgIpc) is 2.92. The Balaban J connectivity index is 1.98.